The third-order valence-electron chi connectivity index (χ3n) is 2.74. The normalized spacial score (nSPS) is 15.2. The molecule has 0 spiro atoms. The summed E-state index contributed by atoms with van der Waals surface area (Å²) in [7, 11) is 0. The van der Waals surface area contributed by atoms with Crippen molar-refractivity contribution in [1.82, 2.24) is 9.78 Å². The van der Waals surface area contributed by atoms with Crippen LogP contribution < -0.4 is 0 Å². The van der Waals surface area contributed by atoms with E-state index in [1.54, 1.807) is 0 Å². The van der Waals surface area contributed by atoms with Crippen LogP contribution in [-0.2, 0) is 6.42 Å². The minimum absolute atomic E-state index is 0.279. The van der Waals surface area contributed by atoms with E-state index in [1.807, 2.05) is 6.92 Å². The van der Waals surface area contributed by atoms with Gasteiger partial charge in [-0.05, 0) is 45.6 Å². The fourth-order valence-electron chi connectivity index (χ4n) is 1.51. The molecule has 2 nitrogen and oxygen atoms in total. The highest BCUT2D eigenvalue weighted by Crippen LogP contribution is 2.12. The number of alkyl halides is 1. The molecular weight excluding hydrogens is 208 g/mol. The Kier molecular flexibility index (Phi) is 5.16. The Balaban J connectivity index is 2.39. The first kappa shape index (κ1) is 12.6. The molecular formula is C12H21ClN2. The van der Waals surface area contributed by atoms with Gasteiger partial charge in [-0.15, -0.1) is 11.6 Å². The van der Waals surface area contributed by atoms with Crippen LogP contribution in [0.4, 0.5) is 0 Å². The topological polar surface area (TPSA) is 17.8 Å². The molecule has 0 radical (unpaired) electrons. The van der Waals surface area contributed by atoms with Gasteiger partial charge < -0.3 is 0 Å². The van der Waals surface area contributed by atoms with E-state index in [0.29, 0.717) is 6.04 Å². The van der Waals surface area contributed by atoms with Crippen LogP contribution in [0, 0.1) is 0 Å². The molecule has 0 bridgehead atoms. The summed E-state index contributed by atoms with van der Waals surface area (Å²) >= 11 is 5.90. The van der Waals surface area contributed by atoms with Crippen molar-refractivity contribution in [2.45, 2.75) is 57.9 Å². The molecule has 0 aliphatic rings. The van der Waals surface area contributed by atoms with Crippen LogP contribution in [0.2, 0.25) is 0 Å². The van der Waals surface area contributed by atoms with Crippen LogP contribution in [0.1, 0.15) is 51.8 Å². The van der Waals surface area contributed by atoms with Gasteiger partial charge in [-0.25, -0.2) is 0 Å². The van der Waals surface area contributed by atoms with Gasteiger partial charge in [0, 0.05) is 17.6 Å². The van der Waals surface area contributed by atoms with Crippen molar-refractivity contribution in [2.75, 3.05) is 0 Å². The Bertz CT molecular complexity index is 281. The van der Waals surface area contributed by atoms with Gasteiger partial charge in [0.05, 0.1) is 5.69 Å². The molecule has 3 heteroatoms. The second-order valence-corrected chi connectivity index (χ2v) is 4.96. The summed E-state index contributed by atoms with van der Waals surface area (Å²) in [6, 6.07) is 2.62. The minimum atomic E-state index is 0.279. The van der Waals surface area contributed by atoms with Gasteiger partial charge in [0.15, 0.2) is 0 Å². The molecule has 0 aromatic carbocycles. The monoisotopic (exact) mass is 228 g/mol. The van der Waals surface area contributed by atoms with Crippen LogP contribution in [0.25, 0.3) is 0 Å². The van der Waals surface area contributed by atoms with Crippen LogP contribution in [-0.4, -0.2) is 15.2 Å². The molecule has 0 aliphatic carbocycles. The number of nitrogens with zero attached hydrogens (tertiary/aromatic N) is 2. The van der Waals surface area contributed by atoms with Crippen molar-refractivity contribution >= 4 is 11.6 Å². The summed E-state index contributed by atoms with van der Waals surface area (Å²) in [6.45, 7) is 6.41. The fourth-order valence-corrected chi connectivity index (χ4v) is 1.66. The molecule has 1 rings (SSSR count). The first-order valence-corrected chi connectivity index (χ1v) is 6.25. The lowest BCUT2D eigenvalue weighted by atomic mass is 10.1. The summed E-state index contributed by atoms with van der Waals surface area (Å²) < 4.78 is 2.06. The van der Waals surface area contributed by atoms with Crippen molar-refractivity contribution in [2.24, 2.45) is 0 Å². The Labute approximate surface area is 97.6 Å². The van der Waals surface area contributed by atoms with Gasteiger partial charge in [0.1, 0.15) is 0 Å². The molecule has 2 atom stereocenters. The molecule has 2 unspecified atom stereocenters. The van der Waals surface area contributed by atoms with E-state index in [9.17, 15) is 0 Å². The first-order chi connectivity index (χ1) is 7.13. The van der Waals surface area contributed by atoms with Crippen LogP contribution >= 0.6 is 11.6 Å². The second kappa shape index (κ2) is 6.16. The summed E-state index contributed by atoms with van der Waals surface area (Å²) in [5.41, 5.74) is 1.19. The number of aromatic nitrogens is 2. The number of hydrogen-bond donors (Lipinski definition) is 0. The second-order valence-electron chi connectivity index (χ2n) is 4.22. The lowest BCUT2D eigenvalue weighted by molar-refractivity contribution is 0.472. The minimum Gasteiger partial charge on any atom is -0.270 e. The van der Waals surface area contributed by atoms with E-state index in [4.69, 9.17) is 11.6 Å². The number of hydrogen-bond acceptors (Lipinski definition) is 1. The number of halogens is 1. The van der Waals surface area contributed by atoms with Crippen LogP contribution in [0.15, 0.2) is 12.3 Å². The molecule has 15 heavy (non-hydrogen) atoms. The molecule has 0 saturated carbocycles. The first-order valence-electron chi connectivity index (χ1n) is 5.81. The van der Waals surface area contributed by atoms with Crippen molar-refractivity contribution in [1.29, 1.82) is 0 Å². The zero-order valence-corrected chi connectivity index (χ0v) is 10.7. The zero-order valence-electron chi connectivity index (χ0n) is 9.91. The summed E-state index contributed by atoms with van der Waals surface area (Å²) in [5, 5.41) is 4.83. The Morgan fingerprint density at radius 3 is 2.80 bits per heavy atom. The van der Waals surface area contributed by atoms with E-state index in [0.717, 1.165) is 25.7 Å². The predicted molar refractivity (Wildman–Crippen MR) is 65.5 cm³/mol. The van der Waals surface area contributed by atoms with Gasteiger partial charge >= 0.3 is 0 Å². The Morgan fingerprint density at radius 1 is 1.47 bits per heavy atom. The van der Waals surface area contributed by atoms with Crippen molar-refractivity contribution in [3.05, 3.63) is 18.0 Å². The average molecular weight is 229 g/mol. The maximum Gasteiger partial charge on any atom is 0.0624 e. The predicted octanol–water partition coefficient (Wildman–Crippen LogP) is 3.80. The summed E-state index contributed by atoms with van der Waals surface area (Å²) in [4.78, 5) is 0. The quantitative estimate of drug-likeness (QED) is 0.678. The smallest absolute Gasteiger partial charge is 0.0624 e. The molecule has 1 aromatic rings. The Morgan fingerprint density at radius 2 is 2.20 bits per heavy atom. The molecule has 1 heterocycles. The van der Waals surface area contributed by atoms with E-state index in [1.165, 1.54) is 5.69 Å². The Hall–Kier alpha value is -0.500. The maximum absolute atomic E-state index is 5.90. The number of rotatable bonds is 6. The largest absolute Gasteiger partial charge is 0.270 e. The molecule has 86 valence electrons. The molecule has 0 aliphatic heterocycles. The van der Waals surface area contributed by atoms with E-state index in [-0.39, 0.29) is 5.38 Å². The third kappa shape index (κ3) is 4.25. The highest BCUT2D eigenvalue weighted by atomic mass is 35.5. The lowest BCUT2D eigenvalue weighted by Crippen LogP contribution is -2.05. The molecule has 0 saturated heterocycles. The molecule has 0 fully saturated rings. The molecule has 1 aromatic heterocycles. The van der Waals surface area contributed by atoms with Crippen molar-refractivity contribution < 1.29 is 0 Å². The van der Waals surface area contributed by atoms with E-state index in [2.05, 4.69) is 35.9 Å². The van der Waals surface area contributed by atoms with Gasteiger partial charge in [0.25, 0.3) is 0 Å². The van der Waals surface area contributed by atoms with Crippen LogP contribution in [0.5, 0.6) is 0 Å². The molecule has 0 N–H and O–H groups in total. The lowest BCUT2D eigenvalue weighted by Gasteiger charge is -2.08. The molecule has 0 amide bonds. The van der Waals surface area contributed by atoms with Gasteiger partial charge in [-0.1, -0.05) is 6.92 Å². The third-order valence-corrected chi connectivity index (χ3v) is 2.96. The highest BCUT2D eigenvalue weighted by Gasteiger charge is 2.04. The zero-order chi connectivity index (χ0) is 11.3. The maximum atomic E-state index is 5.90. The summed E-state index contributed by atoms with van der Waals surface area (Å²) in [5.74, 6) is 0. The number of aryl methyl sites for hydroxylation is 1. The average Bonchev–Trinajstić information content (AvgIpc) is 2.65. The van der Waals surface area contributed by atoms with E-state index >= 15 is 0 Å². The van der Waals surface area contributed by atoms with E-state index < -0.39 is 0 Å². The van der Waals surface area contributed by atoms with Crippen LogP contribution in [0.3, 0.4) is 0 Å². The standard InChI is InChI=1S/C12H21ClN2/c1-4-11(3)15-9-8-12(14-15)7-5-6-10(2)13/h8-11H,4-7H2,1-3H3. The SMILES string of the molecule is CCC(C)n1ccc(CCCC(C)Cl)n1. The van der Waals surface area contributed by atoms with Gasteiger partial charge in [-0.3, -0.25) is 4.68 Å². The van der Waals surface area contributed by atoms with Gasteiger partial charge in [-0.2, -0.15) is 5.10 Å². The highest BCUT2D eigenvalue weighted by molar-refractivity contribution is 6.20. The fraction of sp³-hybridized carbons (Fsp3) is 0.750. The van der Waals surface area contributed by atoms with Crippen molar-refractivity contribution in [3.63, 3.8) is 0 Å². The summed E-state index contributed by atoms with van der Waals surface area (Å²) in [6.07, 6.45) is 6.44. The van der Waals surface area contributed by atoms with Crippen molar-refractivity contribution in [3.8, 4) is 0 Å². The van der Waals surface area contributed by atoms with Gasteiger partial charge in [0.2, 0.25) is 0 Å².